The van der Waals surface area contributed by atoms with Crippen LogP contribution in [0.2, 0.25) is 0 Å². The average molecular weight is 446 g/mol. The standard InChI is InChI=1S/C25H45N6O/c1-23(2)12-19-24(3,15-32-23)18-14-27-22(29-25-9-16(10-25)11-25)28-21(18)31(19)20-8-6-7-17(13-26-4)30(20)5/h16,18-22,26-29H,6-15H2,1-5H3/q+1/t16?,18?,19-,20?,21?,22?,24-,25?/m1/s1. The predicted octanol–water partition coefficient (Wildman–Crippen LogP) is 1.25. The van der Waals surface area contributed by atoms with Gasteiger partial charge in [0.05, 0.1) is 24.9 Å². The number of likely N-dealkylation sites (tertiary alicyclic amines) is 1. The summed E-state index contributed by atoms with van der Waals surface area (Å²) in [6, 6.07) is 0.533. The molecular formula is C25H45N6O+. The van der Waals surface area contributed by atoms with Crippen molar-refractivity contribution >= 4 is 5.71 Å². The van der Waals surface area contributed by atoms with Crippen molar-refractivity contribution < 1.29 is 9.31 Å². The number of nitrogens with zero attached hydrogens (tertiary/aromatic N) is 2. The number of ether oxygens (including phenoxy) is 1. The van der Waals surface area contributed by atoms with E-state index in [2.05, 4.69) is 65.6 Å². The van der Waals surface area contributed by atoms with Gasteiger partial charge in [0.15, 0.2) is 5.71 Å². The highest BCUT2D eigenvalue weighted by atomic mass is 16.5. The van der Waals surface area contributed by atoms with Crippen molar-refractivity contribution in [2.45, 2.75) is 102 Å². The molecule has 0 radical (unpaired) electrons. The van der Waals surface area contributed by atoms with Crippen molar-refractivity contribution in [1.29, 1.82) is 0 Å². The van der Waals surface area contributed by atoms with Gasteiger partial charge in [-0.25, -0.2) is 9.48 Å². The molecule has 32 heavy (non-hydrogen) atoms. The Balaban J connectivity index is 1.32. The molecule has 2 bridgehead atoms. The van der Waals surface area contributed by atoms with Crippen LogP contribution >= 0.6 is 0 Å². The summed E-state index contributed by atoms with van der Waals surface area (Å²) in [6.45, 7) is 9.99. The maximum absolute atomic E-state index is 6.47. The topological polar surface area (TPSA) is 63.6 Å². The van der Waals surface area contributed by atoms with E-state index < -0.39 is 0 Å². The van der Waals surface area contributed by atoms with E-state index in [-0.39, 0.29) is 17.3 Å². The van der Waals surface area contributed by atoms with Crippen LogP contribution in [-0.2, 0) is 4.74 Å². The van der Waals surface area contributed by atoms with Gasteiger partial charge in [0.1, 0.15) is 13.3 Å². The van der Waals surface area contributed by atoms with Gasteiger partial charge in [-0.3, -0.25) is 16.0 Å². The summed E-state index contributed by atoms with van der Waals surface area (Å²) in [6.07, 6.45) is 10.0. The molecule has 7 heteroatoms. The largest absolute Gasteiger partial charge is 0.375 e. The molecule has 7 nitrogen and oxygen atoms in total. The minimum atomic E-state index is -0.0579. The molecule has 7 aliphatic rings. The number of fused-ring (bicyclic) bond motifs is 3. The third-order valence-electron chi connectivity index (χ3n) is 10.1. The van der Waals surface area contributed by atoms with Crippen molar-refractivity contribution in [2.75, 3.05) is 33.8 Å². The Labute approximate surface area is 194 Å². The van der Waals surface area contributed by atoms with Crippen molar-refractivity contribution in [3.63, 3.8) is 0 Å². The smallest absolute Gasteiger partial charge is 0.210 e. The third kappa shape index (κ3) is 3.26. The van der Waals surface area contributed by atoms with Crippen LogP contribution in [0.3, 0.4) is 0 Å². The molecule has 0 aromatic carbocycles. The first-order valence-corrected chi connectivity index (χ1v) is 13.1. The number of rotatable bonds is 5. The van der Waals surface area contributed by atoms with E-state index in [0.717, 1.165) is 32.0 Å². The maximum atomic E-state index is 6.47. The highest BCUT2D eigenvalue weighted by molar-refractivity contribution is 5.82. The van der Waals surface area contributed by atoms with Gasteiger partial charge in [0, 0.05) is 42.3 Å². The summed E-state index contributed by atoms with van der Waals surface area (Å²) in [5, 5.41) is 15.3. The maximum Gasteiger partial charge on any atom is 0.210 e. The monoisotopic (exact) mass is 445 g/mol. The molecule has 4 unspecified atom stereocenters. The molecule has 3 saturated heterocycles. The van der Waals surface area contributed by atoms with Crippen molar-refractivity contribution in [1.82, 2.24) is 26.2 Å². The van der Waals surface area contributed by atoms with Crippen LogP contribution in [0.15, 0.2) is 0 Å². The molecule has 7 rings (SSSR count). The summed E-state index contributed by atoms with van der Waals surface area (Å²) in [7, 11) is 4.41. The third-order valence-corrected chi connectivity index (χ3v) is 10.1. The van der Waals surface area contributed by atoms with Gasteiger partial charge in [-0.15, -0.1) is 0 Å². The van der Waals surface area contributed by atoms with Crippen LogP contribution in [-0.4, -0.2) is 84.8 Å². The fourth-order valence-corrected chi connectivity index (χ4v) is 8.07. The first-order chi connectivity index (χ1) is 15.2. The fraction of sp³-hybridized carbons (Fsp3) is 0.960. The lowest BCUT2D eigenvalue weighted by atomic mass is 9.50. The van der Waals surface area contributed by atoms with Crippen LogP contribution in [0, 0.1) is 17.3 Å². The molecule has 3 saturated carbocycles. The highest BCUT2D eigenvalue weighted by Crippen LogP contribution is 2.57. The summed E-state index contributed by atoms with van der Waals surface area (Å²) in [5.74, 6) is 1.55. The lowest BCUT2D eigenvalue weighted by molar-refractivity contribution is -0.576. The molecule has 0 amide bonds. The van der Waals surface area contributed by atoms with E-state index >= 15 is 0 Å². The molecule has 4 aliphatic heterocycles. The quantitative estimate of drug-likeness (QED) is 0.478. The van der Waals surface area contributed by atoms with Crippen molar-refractivity contribution in [2.24, 2.45) is 17.3 Å². The van der Waals surface area contributed by atoms with Crippen LogP contribution in [0.4, 0.5) is 0 Å². The first-order valence-electron chi connectivity index (χ1n) is 13.1. The normalized spacial score (nSPS) is 49.8. The molecule has 6 atom stereocenters. The SMILES string of the molecule is CNCC1=[N+](C)C(N2C3NC(NC45CC(C4)C5)NCC3[C@@]3(C)COC(C)(C)C[C@@H]23)CCC1. The second-order valence-corrected chi connectivity index (χ2v) is 12.8. The second kappa shape index (κ2) is 7.46. The Morgan fingerprint density at radius 1 is 1.19 bits per heavy atom. The molecular weight excluding hydrogens is 400 g/mol. The van der Waals surface area contributed by atoms with Crippen LogP contribution in [0.5, 0.6) is 0 Å². The number of hydrogen-bond donors (Lipinski definition) is 4. The summed E-state index contributed by atoms with van der Waals surface area (Å²) < 4.78 is 9.08. The minimum absolute atomic E-state index is 0.0579. The van der Waals surface area contributed by atoms with Crippen LogP contribution in [0.25, 0.3) is 0 Å². The molecule has 6 fully saturated rings. The fourth-order valence-electron chi connectivity index (χ4n) is 8.07. The molecule has 0 aromatic heterocycles. The van der Waals surface area contributed by atoms with Crippen molar-refractivity contribution in [3.05, 3.63) is 0 Å². The van der Waals surface area contributed by atoms with E-state index in [1.807, 2.05) is 0 Å². The zero-order valence-corrected chi connectivity index (χ0v) is 20.8. The molecule has 180 valence electrons. The van der Waals surface area contributed by atoms with Gasteiger partial charge in [-0.05, 0) is 58.9 Å². The lowest BCUT2D eigenvalue weighted by Gasteiger charge is -2.63. The summed E-state index contributed by atoms with van der Waals surface area (Å²) in [5.41, 5.74) is 2.08. The Hall–Kier alpha value is -0.570. The number of hydrogen-bond acceptors (Lipinski definition) is 6. The minimum Gasteiger partial charge on any atom is -0.375 e. The van der Waals surface area contributed by atoms with Gasteiger partial charge < -0.3 is 10.1 Å². The molecule has 0 aromatic rings. The lowest BCUT2D eigenvalue weighted by Crippen LogP contribution is -2.76. The second-order valence-electron chi connectivity index (χ2n) is 12.8. The zero-order chi connectivity index (χ0) is 22.3. The Morgan fingerprint density at radius 3 is 2.66 bits per heavy atom. The molecule has 3 aliphatic carbocycles. The zero-order valence-electron chi connectivity index (χ0n) is 20.8. The Morgan fingerprint density at radius 2 is 1.97 bits per heavy atom. The van der Waals surface area contributed by atoms with Crippen LogP contribution in [0.1, 0.15) is 65.7 Å². The first kappa shape index (κ1) is 21.9. The van der Waals surface area contributed by atoms with E-state index in [1.165, 1.54) is 38.5 Å². The predicted molar refractivity (Wildman–Crippen MR) is 127 cm³/mol. The Kier molecular flexibility index (Phi) is 5.11. The van der Waals surface area contributed by atoms with E-state index in [4.69, 9.17) is 4.74 Å². The van der Waals surface area contributed by atoms with E-state index in [9.17, 15) is 0 Å². The van der Waals surface area contributed by atoms with Gasteiger partial charge in [0.2, 0.25) is 6.17 Å². The van der Waals surface area contributed by atoms with Crippen LogP contribution < -0.4 is 21.3 Å². The van der Waals surface area contributed by atoms with Crippen molar-refractivity contribution in [3.8, 4) is 0 Å². The molecule has 4 N–H and O–H groups in total. The average Bonchev–Trinajstić information content (AvgIpc) is 2.93. The van der Waals surface area contributed by atoms with Gasteiger partial charge in [0.25, 0.3) is 0 Å². The number of nitrogens with one attached hydrogen (secondary N) is 4. The highest BCUT2D eigenvalue weighted by Gasteiger charge is 2.65. The van der Waals surface area contributed by atoms with Gasteiger partial charge >= 0.3 is 0 Å². The van der Waals surface area contributed by atoms with Gasteiger partial charge in [-0.2, -0.15) is 0 Å². The van der Waals surface area contributed by atoms with Gasteiger partial charge in [-0.1, -0.05) is 6.92 Å². The molecule has 0 spiro atoms. The summed E-state index contributed by atoms with van der Waals surface area (Å²) >= 11 is 0. The van der Waals surface area contributed by atoms with E-state index in [1.54, 1.807) is 5.71 Å². The molecule has 4 heterocycles. The van der Waals surface area contributed by atoms with E-state index in [0.29, 0.717) is 29.8 Å². The summed E-state index contributed by atoms with van der Waals surface area (Å²) in [4.78, 5) is 2.90. The Bertz CT molecular complexity index is 780.